The molecule has 2 N–H and O–H groups in total. The van der Waals surface area contributed by atoms with Crippen molar-refractivity contribution in [3.05, 3.63) is 29.3 Å². The normalized spacial score (nSPS) is 15.6. The van der Waals surface area contributed by atoms with Gasteiger partial charge in [0.1, 0.15) is 11.9 Å². The van der Waals surface area contributed by atoms with Crippen LogP contribution < -0.4 is 15.4 Å². The summed E-state index contributed by atoms with van der Waals surface area (Å²) in [5.74, 6) is 1.57. The van der Waals surface area contributed by atoms with Gasteiger partial charge in [0.05, 0.1) is 11.6 Å². The van der Waals surface area contributed by atoms with Crippen LogP contribution in [0, 0.1) is 0 Å². The van der Waals surface area contributed by atoms with E-state index in [9.17, 15) is 0 Å². The molecule has 0 amide bonds. The predicted octanol–water partition coefficient (Wildman–Crippen LogP) is 2.66. The molecule has 0 bridgehead atoms. The highest BCUT2D eigenvalue weighted by Crippen LogP contribution is 2.23. The number of nitrogens with one attached hydrogen (secondary N) is 2. The summed E-state index contributed by atoms with van der Waals surface area (Å²) in [7, 11) is 0. The highest BCUT2D eigenvalue weighted by molar-refractivity contribution is 14.0. The third-order valence-corrected chi connectivity index (χ3v) is 2.93. The third kappa shape index (κ3) is 5.44. The molecule has 0 radical (unpaired) electrons. The zero-order chi connectivity index (χ0) is 12.8. The molecular formula is C13H19ClIN3O. The minimum atomic E-state index is 0. The quantitative estimate of drug-likeness (QED) is 0.771. The second kappa shape index (κ2) is 8.47. The summed E-state index contributed by atoms with van der Waals surface area (Å²) in [5, 5.41) is 7.08. The van der Waals surface area contributed by atoms with Crippen molar-refractivity contribution in [2.24, 2.45) is 4.99 Å². The molecule has 0 spiro atoms. The van der Waals surface area contributed by atoms with Crippen LogP contribution in [0.4, 0.5) is 0 Å². The molecule has 0 saturated heterocycles. The number of benzene rings is 1. The maximum Gasteiger partial charge on any atom is 0.191 e. The van der Waals surface area contributed by atoms with E-state index >= 15 is 0 Å². The summed E-state index contributed by atoms with van der Waals surface area (Å²) < 4.78 is 5.76. The number of aliphatic imine (C=N–C) groups is 1. The van der Waals surface area contributed by atoms with Crippen molar-refractivity contribution in [2.75, 3.05) is 19.6 Å². The van der Waals surface area contributed by atoms with Crippen LogP contribution in [0.15, 0.2) is 29.3 Å². The van der Waals surface area contributed by atoms with Crippen molar-refractivity contribution in [2.45, 2.75) is 19.4 Å². The van der Waals surface area contributed by atoms with E-state index in [0.29, 0.717) is 17.3 Å². The second-order valence-electron chi connectivity index (χ2n) is 4.25. The molecule has 0 aliphatic carbocycles. The van der Waals surface area contributed by atoms with Gasteiger partial charge in [-0.1, -0.05) is 23.7 Å². The molecule has 6 heteroatoms. The van der Waals surface area contributed by atoms with Crippen molar-refractivity contribution in [1.82, 2.24) is 10.6 Å². The molecule has 19 heavy (non-hydrogen) atoms. The van der Waals surface area contributed by atoms with Crippen LogP contribution in [-0.2, 0) is 0 Å². The van der Waals surface area contributed by atoms with E-state index in [2.05, 4.69) is 15.6 Å². The zero-order valence-corrected chi connectivity index (χ0v) is 13.9. The monoisotopic (exact) mass is 395 g/mol. The molecule has 1 aromatic rings. The molecule has 106 valence electrons. The van der Waals surface area contributed by atoms with Gasteiger partial charge >= 0.3 is 0 Å². The van der Waals surface area contributed by atoms with Crippen molar-refractivity contribution in [1.29, 1.82) is 0 Å². The maximum absolute atomic E-state index is 6.04. The number of guanidine groups is 1. The highest BCUT2D eigenvalue weighted by atomic mass is 127. The topological polar surface area (TPSA) is 45.7 Å². The van der Waals surface area contributed by atoms with Gasteiger partial charge in [-0.2, -0.15) is 0 Å². The van der Waals surface area contributed by atoms with Gasteiger partial charge < -0.3 is 15.4 Å². The predicted molar refractivity (Wildman–Crippen MR) is 89.9 cm³/mol. The van der Waals surface area contributed by atoms with E-state index in [1.54, 1.807) is 0 Å². The van der Waals surface area contributed by atoms with Crippen LogP contribution in [-0.4, -0.2) is 31.7 Å². The summed E-state index contributed by atoms with van der Waals surface area (Å²) >= 11 is 6.04. The average Bonchev–Trinajstić information content (AvgIpc) is 2.40. The van der Waals surface area contributed by atoms with Gasteiger partial charge in [-0.25, -0.2) is 0 Å². The fraction of sp³-hybridized carbons (Fsp3) is 0.462. The number of ether oxygens (including phenoxy) is 1. The Kier molecular flexibility index (Phi) is 7.30. The largest absolute Gasteiger partial charge is 0.487 e. The molecule has 0 fully saturated rings. The zero-order valence-electron chi connectivity index (χ0n) is 10.9. The van der Waals surface area contributed by atoms with E-state index in [-0.39, 0.29) is 30.1 Å². The summed E-state index contributed by atoms with van der Waals surface area (Å²) in [6.07, 6.45) is 1.12. The van der Waals surface area contributed by atoms with Gasteiger partial charge in [-0.3, -0.25) is 4.99 Å². The fourth-order valence-corrected chi connectivity index (χ4v) is 1.87. The Morgan fingerprint density at radius 2 is 2.26 bits per heavy atom. The Morgan fingerprint density at radius 3 is 2.95 bits per heavy atom. The van der Waals surface area contributed by atoms with Gasteiger partial charge in [0.2, 0.25) is 0 Å². The van der Waals surface area contributed by atoms with Crippen LogP contribution in [0.5, 0.6) is 5.75 Å². The summed E-state index contributed by atoms with van der Waals surface area (Å²) in [6, 6.07) is 7.49. The molecule has 1 heterocycles. The Labute approximate surface area is 136 Å². The molecule has 1 aliphatic rings. The molecule has 1 aliphatic heterocycles. The molecule has 1 unspecified atom stereocenters. The summed E-state index contributed by atoms with van der Waals surface area (Å²) in [6.45, 7) is 4.55. The average molecular weight is 396 g/mol. The van der Waals surface area contributed by atoms with E-state index < -0.39 is 0 Å². The van der Waals surface area contributed by atoms with Gasteiger partial charge in [0.25, 0.3) is 0 Å². The van der Waals surface area contributed by atoms with Crippen molar-refractivity contribution < 1.29 is 4.74 Å². The maximum atomic E-state index is 6.04. The van der Waals surface area contributed by atoms with E-state index in [4.69, 9.17) is 16.3 Å². The van der Waals surface area contributed by atoms with Gasteiger partial charge in [0.15, 0.2) is 5.96 Å². The van der Waals surface area contributed by atoms with Crippen LogP contribution in [0.25, 0.3) is 0 Å². The number of para-hydroxylation sites is 1. The van der Waals surface area contributed by atoms with Crippen molar-refractivity contribution in [3.63, 3.8) is 0 Å². The van der Waals surface area contributed by atoms with Crippen LogP contribution in [0.3, 0.4) is 0 Å². The lowest BCUT2D eigenvalue weighted by atomic mass is 10.3. The lowest BCUT2D eigenvalue weighted by Crippen LogP contribution is -2.44. The minimum Gasteiger partial charge on any atom is -0.487 e. The van der Waals surface area contributed by atoms with Crippen LogP contribution in [0.1, 0.15) is 13.3 Å². The molecule has 0 saturated carbocycles. The first-order valence-corrected chi connectivity index (χ1v) is 6.57. The lowest BCUT2D eigenvalue weighted by Gasteiger charge is -2.20. The number of rotatable bonds is 4. The Hall–Kier alpha value is -0.690. The molecule has 1 aromatic carbocycles. The lowest BCUT2D eigenvalue weighted by molar-refractivity contribution is 0.224. The van der Waals surface area contributed by atoms with Gasteiger partial charge in [0, 0.05) is 13.1 Å². The summed E-state index contributed by atoms with van der Waals surface area (Å²) in [4.78, 5) is 4.34. The highest BCUT2D eigenvalue weighted by Gasteiger charge is 2.09. The summed E-state index contributed by atoms with van der Waals surface area (Å²) in [5.41, 5.74) is 0. The Bertz CT molecular complexity index is 428. The van der Waals surface area contributed by atoms with E-state index in [0.717, 1.165) is 25.5 Å². The van der Waals surface area contributed by atoms with Crippen molar-refractivity contribution >= 4 is 41.5 Å². The van der Waals surface area contributed by atoms with Gasteiger partial charge in [-0.15, -0.1) is 24.0 Å². The minimum absolute atomic E-state index is 0. The first-order valence-electron chi connectivity index (χ1n) is 6.19. The third-order valence-electron chi connectivity index (χ3n) is 2.62. The number of halogens is 2. The smallest absolute Gasteiger partial charge is 0.191 e. The van der Waals surface area contributed by atoms with Crippen molar-refractivity contribution in [3.8, 4) is 5.75 Å². The SMILES string of the molecule is CC(CNC1=NCCCN1)Oc1ccccc1Cl.I. The molecular weight excluding hydrogens is 377 g/mol. The van der Waals surface area contributed by atoms with Crippen LogP contribution >= 0.6 is 35.6 Å². The Morgan fingerprint density at radius 1 is 1.47 bits per heavy atom. The second-order valence-corrected chi connectivity index (χ2v) is 4.66. The van der Waals surface area contributed by atoms with Gasteiger partial charge in [-0.05, 0) is 25.5 Å². The van der Waals surface area contributed by atoms with E-state index in [1.807, 2.05) is 31.2 Å². The van der Waals surface area contributed by atoms with Crippen LogP contribution in [0.2, 0.25) is 5.02 Å². The molecule has 1 atom stereocenters. The molecule has 2 rings (SSSR count). The molecule has 0 aromatic heterocycles. The standard InChI is InChI=1S/C13H18ClN3O.HI/c1-10(9-17-13-15-7-4-8-16-13)18-12-6-3-2-5-11(12)14;/h2-3,5-6,10H,4,7-9H2,1H3,(H2,15,16,17);1H. The molecule has 4 nitrogen and oxygen atoms in total. The first kappa shape index (κ1) is 16.4. The number of hydrogen-bond donors (Lipinski definition) is 2. The first-order chi connectivity index (χ1) is 8.75. The van der Waals surface area contributed by atoms with E-state index in [1.165, 1.54) is 0 Å². The fourth-order valence-electron chi connectivity index (χ4n) is 1.69. The number of nitrogens with zero attached hydrogens (tertiary/aromatic N) is 1. The number of hydrogen-bond acceptors (Lipinski definition) is 4. The Balaban J connectivity index is 0.00000180.